The zero-order valence-corrected chi connectivity index (χ0v) is 10.9. The van der Waals surface area contributed by atoms with Gasteiger partial charge in [-0.3, -0.25) is 4.72 Å². The fourth-order valence-electron chi connectivity index (χ4n) is 1.34. The Bertz CT molecular complexity index is 722. The first kappa shape index (κ1) is 13.6. The van der Waals surface area contributed by atoms with Crippen LogP contribution in [0.1, 0.15) is 0 Å². The predicted molar refractivity (Wildman–Crippen MR) is 68.1 cm³/mol. The second kappa shape index (κ2) is 5.02. The fourth-order valence-corrected chi connectivity index (χ4v) is 2.58. The molecule has 0 fully saturated rings. The minimum atomic E-state index is -4.15. The van der Waals surface area contributed by atoms with Crippen LogP contribution in [-0.4, -0.2) is 18.5 Å². The van der Waals surface area contributed by atoms with Gasteiger partial charge in [0.05, 0.1) is 10.7 Å². The molecule has 0 bridgehead atoms. The molecule has 100 valence electrons. The SMILES string of the molecule is O=S(=O)(Nc1ccc(O)c(Cl)c1)c1ncccc1F. The number of aromatic nitrogens is 1. The Hall–Kier alpha value is -1.86. The molecule has 2 aromatic rings. The standard InChI is InChI=1S/C11H8ClFN2O3S/c12-8-6-7(3-4-10(8)16)15-19(17,18)11-9(13)2-1-5-14-11/h1-6,15-16H. The van der Waals surface area contributed by atoms with Crippen LogP contribution in [0, 0.1) is 5.82 Å². The summed E-state index contributed by atoms with van der Waals surface area (Å²) in [5.41, 5.74) is 0.0906. The number of hydrogen-bond donors (Lipinski definition) is 2. The molecule has 5 nitrogen and oxygen atoms in total. The van der Waals surface area contributed by atoms with E-state index in [2.05, 4.69) is 9.71 Å². The number of rotatable bonds is 3. The number of benzene rings is 1. The lowest BCUT2D eigenvalue weighted by atomic mass is 10.3. The van der Waals surface area contributed by atoms with Crippen LogP contribution in [0.2, 0.25) is 5.02 Å². The maximum absolute atomic E-state index is 13.4. The summed E-state index contributed by atoms with van der Waals surface area (Å²) in [6, 6.07) is 5.99. The van der Waals surface area contributed by atoms with Gasteiger partial charge < -0.3 is 5.11 Å². The van der Waals surface area contributed by atoms with E-state index >= 15 is 0 Å². The van der Waals surface area contributed by atoms with E-state index in [1.807, 2.05) is 0 Å². The molecule has 1 aromatic carbocycles. The molecule has 0 amide bonds. The lowest BCUT2D eigenvalue weighted by Gasteiger charge is -2.08. The third kappa shape index (κ3) is 2.94. The number of pyridine rings is 1. The first-order chi connectivity index (χ1) is 8.90. The average molecular weight is 303 g/mol. The Morgan fingerprint density at radius 1 is 1.32 bits per heavy atom. The Labute approximate surface area is 113 Å². The molecule has 0 aliphatic carbocycles. The van der Waals surface area contributed by atoms with E-state index in [4.69, 9.17) is 11.6 Å². The largest absolute Gasteiger partial charge is 0.506 e. The lowest BCUT2D eigenvalue weighted by molar-refractivity contribution is 0.475. The summed E-state index contributed by atoms with van der Waals surface area (Å²) in [6.45, 7) is 0. The third-order valence-electron chi connectivity index (χ3n) is 2.18. The van der Waals surface area contributed by atoms with E-state index in [0.717, 1.165) is 6.07 Å². The van der Waals surface area contributed by atoms with Crippen molar-refractivity contribution in [2.75, 3.05) is 4.72 Å². The van der Waals surface area contributed by atoms with Gasteiger partial charge in [0, 0.05) is 6.20 Å². The Balaban J connectivity index is 2.37. The lowest BCUT2D eigenvalue weighted by Crippen LogP contribution is -2.16. The van der Waals surface area contributed by atoms with E-state index in [0.29, 0.717) is 0 Å². The van der Waals surface area contributed by atoms with Gasteiger partial charge in [-0.1, -0.05) is 11.6 Å². The number of sulfonamides is 1. The Morgan fingerprint density at radius 2 is 2.05 bits per heavy atom. The van der Waals surface area contributed by atoms with Gasteiger partial charge in [-0.05, 0) is 30.3 Å². The van der Waals surface area contributed by atoms with E-state index in [9.17, 15) is 17.9 Å². The zero-order chi connectivity index (χ0) is 14.0. The molecule has 0 saturated heterocycles. The summed E-state index contributed by atoms with van der Waals surface area (Å²) in [5.74, 6) is -1.14. The quantitative estimate of drug-likeness (QED) is 0.853. The Morgan fingerprint density at radius 3 is 2.68 bits per heavy atom. The molecule has 0 saturated carbocycles. The van der Waals surface area contributed by atoms with Crippen LogP contribution in [0.5, 0.6) is 5.75 Å². The summed E-state index contributed by atoms with van der Waals surface area (Å²) < 4.78 is 39.3. The normalized spacial score (nSPS) is 11.3. The van der Waals surface area contributed by atoms with Gasteiger partial charge in [0.15, 0.2) is 5.82 Å². The summed E-state index contributed by atoms with van der Waals surface area (Å²) in [5, 5.41) is 8.49. The predicted octanol–water partition coefficient (Wildman–Crippen LogP) is 2.38. The molecule has 0 radical (unpaired) electrons. The monoisotopic (exact) mass is 302 g/mol. The average Bonchev–Trinajstić information content (AvgIpc) is 2.34. The second-order valence-corrected chi connectivity index (χ2v) is 5.57. The summed E-state index contributed by atoms with van der Waals surface area (Å²) in [7, 11) is -4.15. The molecule has 2 N–H and O–H groups in total. The first-order valence-electron chi connectivity index (χ1n) is 5.02. The highest BCUT2D eigenvalue weighted by Crippen LogP contribution is 2.27. The third-order valence-corrected chi connectivity index (χ3v) is 3.80. The van der Waals surface area contributed by atoms with Crippen molar-refractivity contribution in [3.8, 4) is 5.75 Å². The number of hydrogen-bond acceptors (Lipinski definition) is 4. The van der Waals surface area contributed by atoms with Crippen molar-refractivity contribution in [3.63, 3.8) is 0 Å². The minimum Gasteiger partial charge on any atom is -0.506 e. The van der Waals surface area contributed by atoms with Gasteiger partial charge >= 0.3 is 0 Å². The molecule has 1 aromatic heterocycles. The van der Waals surface area contributed by atoms with E-state index < -0.39 is 20.9 Å². The van der Waals surface area contributed by atoms with Gasteiger partial charge in [-0.15, -0.1) is 0 Å². The van der Waals surface area contributed by atoms with Crippen LogP contribution < -0.4 is 4.72 Å². The van der Waals surface area contributed by atoms with Gasteiger partial charge in [0.2, 0.25) is 5.03 Å². The van der Waals surface area contributed by atoms with Gasteiger partial charge in [0.1, 0.15) is 5.75 Å². The maximum atomic E-state index is 13.4. The highest BCUT2D eigenvalue weighted by Gasteiger charge is 2.20. The van der Waals surface area contributed by atoms with Crippen molar-refractivity contribution in [2.24, 2.45) is 0 Å². The van der Waals surface area contributed by atoms with Crippen molar-refractivity contribution < 1.29 is 17.9 Å². The Kier molecular flexibility index (Phi) is 3.59. The minimum absolute atomic E-state index is 0.0262. The number of phenolic OH excluding ortho intramolecular Hbond substituents is 1. The summed E-state index contributed by atoms with van der Waals surface area (Å²) in [4.78, 5) is 3.48. The van der Waals surface area contributed by atoms with Crippen LogP contribution in [-0.2, 0) is 10.0 Å². The molecular formula is C11H8ClFN2O3S. The molecule has 19 heavy (non-hydrogen) atoms. The highest BCUT2D eigenvalue weighted by atomic mass is 35.5. The van der Waals surface area contributed by atoms with E-state index in [-0.39, 0.29) is 16.5 Å². The maximum Gasteiger partial charge on any atom is 0.282 e. The van der Waals surface area contributed by atoms with E-state index in [1.54, 1.807) is 0 Å². The highest BCUT2D eigenvalue weighted by molar-refractivity contribution is 7.92. The molecule has 0 aliphatic heterocycles. The van der Waals surface area contributed by atoms with Gasteiger partial charge in [-0.25, -0.2) is 9.37 Å². The number of halogens is 2. The van der Waals surface area contributed by atoms with E-state index in [1.165, 1.54) is 30.5 Å². The molecule has 1 heterocycles. The molecule has 2 rings (SSSR count). The molecule has 0 atom stereocenters. The zero-order valence-electron chi connectivity index (χ0n) is 9.34. The van der Waals surface area contributed by atoms with Crippen LogP contribution in [0.15, 0.2) is 41.6 Å². The molecule has 0 aliphatic rings. The second-order valence-electron chi connectivity index (χ2n) is 3.56. The van der Waals surface area contributed by atoms with Gasteiger partial charge in [0.25, 0.3) is 10.0 Å². The van der Waals surface area contributed by atoms with Crippen molar-refractivity contribution in [3.05, 3.63) is 47.4 Å². The molecule has 0 spiro atoms. The topological polar surface area (TPSA) is 79.3 Å². The van der Waals surface area contributed by atoms with Crippen molar-refractivity contribution >= 4 is 27.3 Å². The fraction of sp³-hybridized carbons (Fsp3) is 0. The van der Waals surface area contributed by atoms with Crippen molar-refractivity contribution in [1.29, 1.82) is 0 Å². The van der Waals surface area contributed by atoms with Crippen LogP contribution in [0.3, 0.4) is 0 Å². The van der Waals surface area contributed by atoms with Crippen LogP contribution in [0.4, 0.5) is 10.1 Å². The van der Waals surface area contributed by atoms with Crippen LogP contribution in [0.25, 0.3) is 0 Å². The number of nitrogens with zero attached hydrogens (tertiary/aromatic N) is 1. The van der Waals surface area contributed by atoms with Crippen molar-refractivity contribution in [2.45, 2.75) is 5.03 Å². The van der Waals surface area contributed by atoms with Crippen molar-refractivity contribution in [1.82, 2.24) is 4.98 Å². The summed E-state index contributed by atoms with van der Waals surface area (Å²) >= 11 is 5.65. The summed E-state index contributed by atoms with van der Waals surface area (Å²) in [6.07, 6.45) is 1.17. The number of nitrogens with one attached hydrogen (secondary N) is 1. The number of anilines is 1. The van der Waals surface area contributed by atoms with Gasteiger partial charge in [-0.2, -0.15) is 8.42 Å². The molecule has 8 heteroatoms. The first-order valence-corrected chi connectivity index (χ1v) is 6.88. The molecular weight excluding hydrogens is 295 g/mol. The molecule has 0 unspecified atom stereocenters. The number of aromatic hydroxyl groups is 1. The smallest absolute Gasteiger partial charge is 0.282 e. The van der Waals surface area contributed by atoms with Crippen LogP contribution >= 0.6 is 11.6 Å². The number of phenols is 1.